The largest absolute Gasteiger partial charge is 0.478 e. The Kier molecular flexibility index (Phi) is 4.55. The molecule has 3 aliphatic rings. The number of sulfone groups is 1. The predicted molar refractivity (Wildman–Crippen MR) is 108 cm³/mol. The maximum atomic E-state index is 12.9. The Morgan fingerprint density at radius 2 is 1.93 bits per heavy atom. The highest BCUT2D eigenvalue weighted by molar-refractivity contribution is 7.90. The van der Waals surface area contributed by atoms with Crippen LogP contribution in [0.1, 0.15) is 54.3 Å². The van der Waals surface area contributed by atoms with Crippen LogP contribution in [0.5, 0.6) is 0 Å². The summed E-state index contributed by atoms with van der Waals surface area (Å²) in [4.78, 5) is 29.4. The lowest BCUT2D eigenvalue weighted by Gasteiger charge is -2.12. The van der Waals surface area contributed by atoms with Crippen LogP contribution in [0.25, 0.3) is 11.5 Å². The van der Waals surface area contributed by atoms with Crippen molar-refractivity contribution in [1.82, 2.24) is 10.1 Å². The van der Waals surface area contributed by atoms with E-state index in [1.165, 1.54) is 11.3 Å². The molecular formula is C19H19N3O6S2. The maximum Gasteiger partial charge on any atom is 0.332 e. The van der Waals surface area contributed by atoms with Gasteiger partial charge in [0.2, 0.25) is 0 Å². The molecule has 0 atom stereocenters. The van der Waals surface area contributed by atoms with Crippen molar-refractivity contribution >= 4 is 38.1 Å². The molecule has 0 unspecified atom stereocenters. The van der Waals surface area contributed by atoms with Gasteiger partial charge in [0.15, 0.2) is 15.7 Å². The Balaban J connectivity index is 1.55. The van der Waals surface area contributed by atoms with Gasteiger partial charge in [-0.1, -0.05) is 5.16 Å². The number of hydrogen-bond donors (Lipinski definition) is 2. The summed E-state index contributed by atoms with van der Waals surface area (Å²) in [6.07, 6.45) is 3.70. The zero-order chi connectivity index (χ0) is 21.0. The molecule has 1 aliphatic heterocycles. The third-order valence-corrected chi connectivity index (χ3v) is 8.56. The monoisotopic (exact) mass is 449 g/mol. The Morgan fingerprint density at radius 1 is 1.17 bits per heavy atom. The number of carboxylic acids is 1. The van der Waals surface area contributed by atoms with Crippen molar-refractivity contribution in [3.05, 3.63) is 27.4 Å². The number of amides is 1. The molecule has 30 heavy (non-hydrogen) atoms. The molecule has 1 saturated carbocycles. The van der Waals surface area contributed by atoms with E-state index >= 15 is 0 Å². The number of aliphatic carboxylic acids is 1. The second-order valence-electron chi connectivity index (χ2n) is 7.85. The fourth-order valence-corrected chi connectivity index (χ4v) is 7.03. The zero-order valence-electron chi connectivity index (χ0n) is 15.9. The van der Waals surface area contributed by atoms with Crippen molar-refractivity contribution in [2.24, 2.45) is 0 Å². The van der Waals surface area contributed by atoms with Crippen LogP contribution >= 0.6 is 11.3 Å². The highest BCUT2D eigenvalue weighted by atomic mass is 32.2. The van der Waals surface area contributed by atoms with Gasteiger partial charge in [0.25, 0.3) is 11.8 Å². The molecule has 0 saturated heterocycles. The van der Waals surface area contributed by atoms with Crippen LogP contribution in [0.4, 0.5) is 5.00 Å². The molecule has 0 radical (unpaired) electrons. The zero-order valence-corrected chi connectivity index (χ0v) is 17.6. The van der Waals surface area contributed by atoms with E-state index in [1.807, 2.05) is 0 Å². The van der Waals surface area contributed by atoms with Crippen molar-refractivity contribution in [2.45, 2.75) is 50.2 Å². The van der Waals surface area contributed by atoms with Crippen molar-refractivity contribution in [1.29, 1.82) is 0 Å². The minimum Gasteiger partial charge on any atom is -0.478 e. The second-order valence-corrected chi connectivity index (χ2v) is 11.1. The highest BCUT2D eigenvalue weighted by Crippen LogP contribution is 2.45. The van der Waals surface area contributed by atoms with E-state index in [1.54, 1.807) is 0 Å². The van der Waals surface area contributed by atoms with Gasteiger partial charge in [0.1, 0.15) is 5.00 Å². The smallest absolute Gasteiger partial charge is 0.332 e. The van der Waals surface area contributed by atoms with Crippen LogP contribution in [0, 0.1) is 0 Å². The predicted octanol–water partition coefficient (Wildman–Crippen LogP) is 2.65. The first-order valence-corrected chi connectivity index (χ1v) is 12.4. The Hall–Kier alpha value is -2.53. The normalized spacial score (nSPS) is 20.3. The number of hydrogen-bond acceptors (Lipinski definition) is 8. The Bertz CT molecular complexity index is 1200. The average molecular weight is 450 g/mol. The summed E-state index contributed by atoms with van der Waals surface area (Å²) in [5.74, 6) is -0.454. The molecule has 5 rings (SSSR count). The van der Waals surface area contributed by atoms with E-state index in [0.717, 1.165) is 18.4 Å². The van der Waals surface area contributed by atoms with Gasteiger partial charge in [-0.05, 0) is 44.1 Å². The van der Waals surface area contributed by atoms with Gasteiger partial charge in [-0.25, -0.2) is 13.2 Å². The summed E-state index contributed by atoms with van der Waals surface area (Å²) >= 11 is 1.18. The van der Waals surface area contributed by atoms with Crippen LogP contribution < -0.4 is 5.32 Å². The van der Waals surface area contributed by atoms with Gasteiger partial charge >= 0.3 is 5.97 Å². The molecule has 0 bridgehead atoms. The molecule has 2 N–H and O–H groups in total. The van der Waals surface area contributed by atoms with Crippen LogP contribution in [-0.2, 0) is 31.6 Å². The number of nitrogens with one attached hydrogen (secondary N) is 1. The summed E-state index contributed by atoms with van der Waals surface area (Å²) in [5.41, 5.74) is 1.76. The molecule has 9 nitrogen and oxygen atoms in total. The lowest BCUT2D eigenvalue weighted by molar-refractivity contribution is -0.133. The molecule has 3 heterocycles. The van der Waals surface area contributed by atoms with E-state index < -0.39 is 21.7 Å². The fraction of sp³-hybridized carbons (Fsp3) is 0.474. The Labute approximate surface area is 176 Å². The molecule has 2 aliphatic carbocycles. The first-order chi connectivity index (χ1) is 14.3. The van der Waals surface area contributed by atoms with Gasteiger partial charge < -0.3 is 14.9 Å². The van der Waals surface area contributed by atoms with Crippen molar-refractivity contribution in [3.63, 3.8) is 0 Å². The van der Waals surface area contributed by atoms with Gasteiger partial charge in [-0.15, -0.1) is 11.3 Å². The van der Waals surface area contributed by atoms with Crippen molar-refractivity contribution in [2.75, 3.05) is 11.1 Å². The summed E-state index contributed by atoms with van der Waals surface area (Å²) in [5, 5.41) is 16.6. The SMILES string of the molecule is O=C(O)C1=C(C(=O)Nc2sc3c(c2-c2nc(C4CC4)no2)CCS(=O)(=O)C3)CCC1. The third-order valence-electron chi connectivity index (χ3n) is 5.68. The summed E-state index contributed by atoms with van der Waals surface area (Å²) in [6, 6.07) is 0. The molecular weight excluding hydrogens is 430 g/mol. The molecule has 1 amide bonds. The maximum absolute atomic E-state index is 12.9. The standard InChI is InChI=1S/C19H19N3O6S2/c23-16(10-2-1-3-11(10)19(24)25)21-18-14(17-20-15(22-28-17)9-4-5-9)12-6-7-30(26,27)8-13(12)29-18/h9H,1-8H2,(H,21,23)(H,24,25). The number of fused-ring (bicyclic) bond motifs is 1. The van der Waals surface area contributed by atoms with Crippen LogP contribution in [0.2, 0.25) is 0 Å². The van der Waals surface area contributed by atoms with Crippen molar-refractivity contribution in [3.8, 4) is 11.5 Å². The van der Waals surface area contributed by atoms with Gasteiger partial charge in [-0.2, -0.15) is 4.98 Å². The quantitative estimate of drug-likeness (QED) is 0.710. The fourth-order valence-electron chi connectivity index (χ4n) is 3.99. The number of anilines is 1. The summed E-state index contributed by atoms with van der Waals surface area (Å²) in [7, 11) is -3.20. The molecule has 158 valence electrons. The average Bonchev–Trinajstić information content (AvgIpc) is 3.10. The second kappa shape index (κ2) is 7.02. The summed E-state index contributed by atoms with van der Waals surface area (Å²) in [6.45, 7) is 0. The number of carbonyl (C=O) groups excluding carboxylic acids is 1. The number of aromatic nitrogens is 2. The molecule has 1 fully saturated rings. The first kappa shape index (κ1) is 19.4. The van der Waals surface area contributed by atoms with Crippen molar-refractivity contribution < 1.29 is 27.6 Å². The molecule has 2 aromatic rings. The van der Waals surface area contributed by atoms with E-state index in [9.17, 15) is 23.1 Å². The van der Waals surface area contributed by atoms with Gasteiger partial charge in [-0.3, -0.25) is 4.79 Å². The lowest BCUT2D eigenvalue weighted by Crippen LogP contribution is -2.17. The van der Waals surface area contributed by atoms with Crippen LogP contribution in [0.3, 0.4) is 0 Å². The number of carbonyl (C=O) groups is 2. The minimum absolute atomic E-state index is 0.0229. The van der Waals surface area contributed by atoms with Crippen LogP contribution in [0.15, 0.2) is 15.7 Å². The summed E-state index contributed by atoms with van der Waals surface area (Å²) < 4.78 is 29.7. The van der Waals surface area contributed by atoms with Gasteiger partial charge in [0, 0.05) is 21.9 Å². The molecule has 0 aromatic carbocycles. The minimum atomic E-state index is -3.20. The number of thiophene rings is 1. The third kappa shape index (κ3) is 3.45. The number of carboxylic acid groups (broad SMARTS) is 1. The van der Waals surface area contributed by atoms with Crippen LogP contribution in [-0.4, -0.2) is 41.3 Å². The van der Waals surface area contributed by atoms with E-state index in [4.69, 9.17) is 4.52 Å². The van der Waals surface area contributed by atoms with E-state index in [2.05, 4.69) is 15.5 Å². The van der Waals surface area contributed by atoms with Gasteiger partial charge in [0.05, 0.1) is 17.1 Å². The molecule has 2 aromatic heterocycles. The highest BCUT2D eigenvalue weighted by Gasteiger charge is 2.34. The lowest BCUT2D eigenvalue weighted by atomic mass is 10.1. The number of rotatable bonds is 5. The molecule has 11 heteroatoms. The van der Waals surface area contributed by atoms with E-state index in [0.29, 0.717) is 46.9 Å². The van der Waals surface area contributed by atoms with E-state index in [-0.39, 0.29) is 34.5 Å². The topological polar surface area (TPSA) is 139 Å². The Morgan fingerprint density at radius 3 is 2.67 bits per heavy atom. The first-order valence-electron chi connectivity index (χ1n) is 9.78. The number of nitrogens with zero attached hydrogens (tertiary/aromatic N) is 2. The molecule has 0 spiro atoms.